The van der Waals surface area contributed by atoms with Crippen LogP contribution in [-0.4, -0.2) is 21.2 Å². The summed E-state index contributed by atoms with van der Waals surface area (Å²) in [7, 11) is 0. The van der Waals surface area contributed by atoms with Gasteiger partial charge in [-0.25, -0.2) is 4.79 Å². The summed E-state index contributed by atoms with van der Waals surface area (Å²) < 4.78 is 0.299. The van der Waals surface area contributed by atoms with Gasteiger partial charge in [0.2, 0.25) is 5.88 Å². The molecule has 1 aromatic heterocycles. The first-order valence-corrected chi connectivity index (χ1v) is 3.17. The van der Waals surface area contributed by atoms with E-state index in [4.69, 9.17) is 10.2 Å². The summed E-state index contributed by atoms with van der Waals surface area (Å²) in [5, 5.41) is 17.4. The molecule has 0 aliphatic carbocycles. The van der Waals surface area contributed by atoms with Gasteiger partial charge in [-0.15, -0.1) is 0 Å². The summed E-state index contributed by atoms with van der Waals surface area (Å²) in [6.45, 7) is 0. The van der Waals surface area contributed by atoms with Gasteiger partial charge in [0, 0.05) is 0 Å². The molecule has 11 heavy (non-hydrogen) atoms. The Morgan fingerprint density at radius 2 is 2.18 bits per heavy atom. The summed E-state index contributed by atoms with van der Waals surface area (Å²) in [6, 6.07) is 2.65. The van der Waals surface area contributed by atoms with Gasteiger partial charge in [0.05, 0.1) is 0 Å². The normalized spacial score (nSPS) is 9.45. The SMILES string of the molecule is O=C(O)c1ccc(=S)[nH]c1O. The number of carboxylic acids is 1. The zero-order chi connectivity index (χ0) is 8.43. The fourth-order valence-electron chi connectivity index (χ4n) is 0.636. The molecule has 1 aromatic rings. The standard InChI is InChI=1S/C6H5NO3S/c8-5-3(6(9)10)1-2-4(11)7-5/h1-2H,(H,9,10)(H2,7,8,11). The molecule has 0 aliphatic rings. The van der Waals surface area contributed by atoms with Crippen molar-refractivity contribution in [2.24, 2.45) is 0 Å². The second kappa shape index (κ2) is 2.71. The topological polar surface area (TPSA) is 73.3 Å². The minimum absolute atomic E-state index is 0.182. The lowest BCUT2D eigenvalue weighted by Gasteiger charge is -1.96. The van der Waals surface area contributed by atoms with Crippen LogP contribution in [0.2, 0.25) is 0 Å². The van der Waals surface area contributed by atoms with E-state index in [0.29, 0.717) is 4.64 Å². The molecule has 0 spiro atoms. The predicted octanol–water partition coefficient (Wildman–Crippen LogP) is 1.15. The molecule has 58 valence electrons. The number of aromatic carboxylic acids is 1. The molecule has 0 atom stereocenters. The maximum absolute atomic E-state index is 10.3. The number of H-pyrrole nitrogens is 1. The van der Waals surface area contributed by atoms with Gasteiger partial charge in [-0.05, 0) is 12.1 Å². The van der Waals surface area contributed by atoms with E-state index in [1.54, 1.807) is 0 Å². The largest absolute Gasteiger partial charge is 0.494 e. The Bertz CT molecular complexity index is 344. The monoisotopic (exact) mass is 171 g/mol. The van der Waals surface area contributed by atoms with Crippen molar-refractivity contribution in [1.29, 1.82) is 0 Å². The molecule has 5 heteroatoms. The molecule has 1 heterocycles. The first kappa shape index (κ1) is 7.74. The average Bonchev–Trinajstić information content (AvgIpc) is 1.85. The number of carbonyl (C=O) groups is 1. The summed E-state index contributed by atoms with van der Waals surface area (Å²) in [5.41, 5.74) is -0.182. The molecule has 0 radical (unpaired) electrons. The smallest absolute Gasteiger partial charge is 0.341 e. The highest BCUT2D eigenvalue weighted by Crippen LogP contribution is 2.11. The van der Waals surface area contributed by atoms with Crippen molar-refractivity contribution in [1.82, 2.24) is 4.98 Å². The van der Waals surface area contributed by atoms with Crippen LogP contribution in [0.1, 0.15) is 10.4 Å². The third-order valence-electron chi connectivity index (χ3n) is 1.13. The van der Waals surface area contributed by atoms with Crippen molar-refractivity contribution >= 4 is 18.2 Å². The number of carboxylic acid groups (broad SMARTS) is 1. The lowest BCUT2D eigenvalue weighted by molar-refractivity contribution is 0.0693. The van der Waals surface area contributed by atoms with Gasteiger partial charge >= 0.3 is 5.97 Å². The van der Waals surface area contributed by atoms with Crippen LogP contribution in [0.3, 0.4) is 0 Å². The second-order valence-corrected chi connectivity index (χ2v) is 2.33. The number of aromatic hydroxyl groups is 1. The summed E-state index contributed by atoms with van der Waals surface area (Å²) in [6.07, 6.45) is 0. The van der Waals surface area contributed by atoms with Crippen LogP contribution in [0.4, 0.5) is 0 Å². The summed E-state index contributed by atoms with van der Waals surface area (Å²) >= 11 is 4.64. The van der Waals surface area contributed by atoms with Crippen molar-refractivity contribution in [3.8, 4) is 5.88 Å². The fraction of sp³-hybridized carbons (Fsp3) is 0. The molecule has 0 aliphatic heterocycles. The van der Waals surface area contributed by atoms with Crippen molar-refractivity contribution in [3.05, 3.63) is 22.3 Å². The van der Waals surface area contributed by atoms with Crippen molar-refractivity contribution in [3.63, 3.8) is 0 Å². The van der Waals surface area contributed by atoms with E-state index in [0.717, 1.165) is 0 Å². The number of nitrogens with one attached hydrogen (secondary N) is 1. The Balaban J connectivity index is 3.31. The van der Waals surface area contributed by atoms with E-state index >= 15 is 0 Å². The molecule has 0 saturated carbocycles. The molecule has 3 N–H and O–H groups in total. The number of pyridine rings is 1. The van der Waals surface area contributed by atoms with Crippen molar-refractivity contribution in [2.75, 3.05) is 0 Å². The lowest BCUT2D eigenvalue weighted by atomic mass is 10.3. The molecule has 0 unspecified atom stereocenters. The second-order valence-electron chi connectivity index (χ2n) is 1.89. The number of hydrogen-bond acceptors (Lipinski definition) is 3. The predicted molar refractivity (Wildman–Crippen MR) is 40.3 cm³/mol. The Labute approximate surface area is 67.1 Å². The van der Waals surface area contributed by atoms with E-state index < -0.39 is 11.8 Å². The highest BCUT2D eigenvalue weighted by molar-refractivity contribution is 7.71. The molecule has 0 amide bonds. The molecule has 0 bridgehead atoms. The van der Waals surface area contributed by atoms with E-state index in [1.807, 2.05) is 0 Å². The first-order valence-electron chi connectivity index (χ1n) is 2.77. The molecule has 0 aromatic carbocycles. The Kier molecular flexibility index (Phi) is 1.91. The maximum Gasteiger partial charge on any atom is 0.341 e. The minimum atomic E-state index is -1.19. The van der Waals surface area contributed by atoms with E-state index in [1.165, 1.54) is 12.1 Å². The number of aromatic amines is 1. The van der Waals surface area contributed by atoms with E-state index in [9.17, 15) is 4.79 Å². The zero-order valence-corrected chi connectivity index (χ0v) is 6.18. The van der Waals surface area contributed by atoms with Gasteiger partial charge in [0.1, 0.15) is 10.2 Å². The van der Waals surface area contributed by atoms with Crippen LogP contribution < -0.4 is 0 Å². The Morgan fingerprint density at radius 3 is 2.64 bits per heavy atom. The minimum Gasteiger partial charge on any atom is -0.494 e. The van der Waals surface area contributed by atoms with Gasteiger partial charge in [-0.1, -0.05) is 12.2 Å². The molecule has 4 nitrogen and oxygen atoms in total. The van der Waals surface area contributed by atoms with Crippen LogP contribution >= 0.6 is 12.2 Å². The third-order valence-corrected chi connectivity index (χ3v) is 1.37. The third kappa shape index (κ3) is 1.56. The fourth-order valence-corrected chi connectivity index (χ4v) is 0.801. The Morgan fingerprint density at radius 1 is 1.55 bits per heavy atom. The number of hydrogen-bond donors (Lipinski definition) is 3. The average molecular weight is 171 g/mol. The van der Waals surface area contributed by atoms with Gasteiger partial charge in [0.15, 0.2) is 0 Å². The highest BCUT2D eigenvalue weighted by Gasteiger charge is 2.07. The molecular weight excluding hydrogens is 166 g/mol. The maximum atomic E-state index is 10.3. The van der Waals surface area contributed by atoms with Crippen molar-refractivity contribution in [2.45, 2.75) is 0 Å². The summed E-state index contributed by atoms with van der Waals surface area (Å²) in [4.78, 5) is 12.6. The van der Waals surface area contributed by atoms with Gasteiger partial charge < -0.3 is 15.2 Å². The lowest BCUT2D eigenvalue weighted by Crippen LogP contribution is -1.97. The van der Waals surface area contributed by atoms with Crippen LogP contribution in [0.5, 0.6) is 5.88 Å². The Hall–Kier alpha value is -1.36. The van der Waals surface area contributed by atoms with Gasteiger partial charge in [-0.3, -0.25) is 0 Å². The zero-order valence-electron chi connectivity index (χ0n) is 5.37. The first-order chi connectivity index (χ1) is 5.11. The van der Waals surface area contributed by atoms with Gasteiger partial charge in [-0.2, -0.15) is 0 Å². The van der Waals surface area contributed by atoms with Crippen LogP contribution in [0.25, 0.3) is 0 Å². The van der Waals surface area contributed by atoms with Crippen LogP contribution in [0, 0.1) is 4.64 Å². The molecule has 1 rings (SSSR count). The number of rotatable bonds is 1. The molecule has 0 saturated heterocycles. The quantitative estimate of drug-likeness (QED) is 0.554. The van der Waals surface area contributed by atoms with Crippen molar-refractivity contribution < 1.29 is 15.0 Å². The number of aromatic nitrogens is 1. The molecule has 0 fully saturated rings. The summed E-state index contributed by atoms with van der Waals surface area (Å²) in [5.74, 6) is -1.60. The van der Waals surface area contributed by atoms with Gasteiger partial charge in [0.25, 0.3) is 0 Å². The molecular formula is C6H5NO3S. The van der Waals surface area contributed by atoms with E-state index in [2.05, 4.69) is 17.2 Å². The highest BCUT2D eigenvalue weighted by atomic mass is 32.1. The van der Waals surface area contributed by atoms with E-state index in [-0.39, 0.29) is 5.56 Å². The van der Waals surface area contributed by atoms with Crippen LogP contribution in [0.15, 0.2) is 12.1 Å². The van der Waals surface area contributed by atoms with Crippen LogP contribution in [-0.2, 0) is 0 Å².